The summed E-state index contributed by atoms with van der Waals surface area (Å²) in [6.07, 6.45) is -0.150. The van der Waals surface area contributed by atoms with E-state index < -0.39 is 11.8 Å². The van der Waals surface area contributed by atoms with Crippen molar-refractivity contribution in [3.05, 3.63) is 0 Å². The molecule has 0 saturated carbocycles. The molecule has 1 N–H and O–H groups in total. The molecule has 0 radical (unpaired) electrons. The van der Waals surface area contributed by atoms with Gasteiger partial charge in [0.1, 0.15) is 6.61 Å². The number of ether oxygens (including phenoxy) is 2. The topological polar surface area (TPSA) is 55.8 Å². The van der Waals surface area contributed by atoms with Crippen LogP contribution in [-0.4, -0.2) is 29.6 Å². The fraction of sp³-hybridized carbons (Fsp3) is 0.875. The molecule has 0 aliphatic heterocycles. The molecule has 0 aliphatic carbocycles. The van der Waals surface area contributed by atoms with Crippen molar-refractivity contribution in [2.45, 2.75) is 39.6 Å². The highest BCUT2D eigenvalue weighted by atomic mass is 16.6. The van der Waals surface area contributed by atoms with Gasteiger partial charge in [-0.2, -0.15) is 0 Å². The second-order valence-electron chi connectivity index (χ2n) is 3.27. The number of rotatable bonds is 4. The normalized spacial score (nSPS) is 11.8. The minimum Gasteiger partial charge on any atom is -0.461 e. The highest BCUT2D eigenvalue weighted by molar-refractivity contribution is 5.70. The van der Waals surface area contributed by atoms with Crippen molar-refractivity contribution in [3.8, 4) is 0 Å². The molecule has 4 nitrogen and oxygen atoms in total. The lowest BCUT2D eigenvalue weighted by Gasteiger charge is -2.17. The zero-order chi connectivity index (χ0) is 9.78. The minimum absolute atomic E-state index is 0.150. The van der Waals surface area contributed by atoms with E-state index in [-0.39, 0.29) is 12.7 Å². The second kappa shape index (κ2) is 4.42. The second-order valence-corrected chi connectivity index (χ2v) is 3.27. The molecule has 0 rings (SSSR count). The van der Waals surface area contributed by atoms with Crippen LogP contribution in [0, 0.1) is 0 Å². The Morgan fingerprint density at radius 3 is 2.33 bits per heavy atom. The molecule has 0 saturated heterocycles. The van der Waals surface area contributed by atoms with Gasteiger partial charge >= 0.3 is 5.97 Å². The SMILES string of the molecule is CC(C)OC(=O)COC(C)(C)O. The summed E-state index contributed by atoms with van der Waals surface area (Å²) in [5, 5.41) is 9.07. The van der Waals surface area contributed by atoms with Crippen LogP contribution in [0.2, 0.25) is 0 Å². The van der Waals surface area contributed by atoms with Crippen LogP contribution >= 0.6 is 0 Å². The summed E-state index contributed by atoms with van der Waals surface area (Å²) < 4.78 is 9.54. The van der Waals surface area contributed by atoms with Crippen molar-refractivity contribution in [1.82, 2.24) is 0 Å². The molecule has 0 aliphatic rings. The van der Waals surface area contributed by atoms with Crippen LogP contribution in [0.25, 0.3) is 0 Å². The lowest BCUT2D eigenvalue weighted by atomic mass is 10.4. The number of aliphatic hydroxyl groups is 1. The van der Waals surface area contributed by atoms with Crippen LogP contribution in [0.3, 0.4) is 0 Å². The third-order valence-corrected chi connectivity index (χ3v) is 0.910. The van der Waals surface area contributed by atoms with E-state index in [4.69, 9.17) is 14.6 Å². The van der Waals surface area contributed by atoms with Crippen LogP contribution in [0.1, 0.15) is 27.7 Å². The molecule has 4 heteroatoms. The predicted octanol–water partition coefficient (Wildman–Crippen LogP) is 0.683. The van der Waals surface area contributed by atoms with Gasteiger partial charge in [0.25, 0.3) is 0 Å². The standard InChI is InChI=1S/C8H16O4/c1-6(2)12-7(9)5-11-8(3,4)10/h6,10H,5H2,1-4H3. The van der Waals surface area contributed by atoms with Crippen LogP contribution in [-0.2, 0) is 14.3 Å². The van der Waals surface area contributed by atoms with Crippen LogP contribution in [0.5, 0.6) is 0 Å². The fourth-order valence-electron chi connectivity index (χ4n) is 0.532. The number of hydrogen-bond acceptors (Lipinski definition) is 4. The summed E-state index contributed by atoms with van der Waals surface area (Å²) in [6, 6.07) is 0. The number of carbonyl (C=O) groups excluding carboxylic acids is 1. The van der Waals surface area contributed by atoms with Gasteiger partial charge in [0, 0.05) is 0 Å². The molecule has 0 unspecified atom stereocenters. The Hall–Kier alpha value is -0.610. The van der Waals surface area contributed by atoms with Gasteiger partial charge in [-0.25, -0.2) is 4.79 Å². The molecule has 72 valence electrons. The summed E-state index contributed by atoms with van der Waals surface area (Å²) in [6.45, 7) is 6.19. The first kappa shape index (κ1) is 11.4. The molecule has 0 amide bonds. The van der Waals surface area contributed by atoms with Gasteiger partial charge in [-0.1, -0.05) is 0 Å². The monoisotopic (exact) mass is 176 g/mol. The molecule has 0 spiro atoms. The first-order valence-corrected chi connectivity index (χ1v) is 3.87. The average Bonchev–Trinajstić information content (AvgIpc) is 1.80. The van der Waals surface area contributed by atoms with Gasteiger partial charge < -0.3 is 14.6 Å². The molecule has 0 bridgehead atoms. The zero-order valence-electron chi connectivity index (χ0n) is 7.96. The number of esters is 1. The Kier molecular flexibility index (Phi) is 4.20. The van der Waals surface area contributed by atoms with E-state index in [0.717, 1.165) is 0 Å². The van der Waals surface area contributed by atoms with E-state index in [1.54, 1.807) is 13.8 Å². The third kappa shape index (κ3) is 7.50. The van der Waals surface area contributed by atoms with E-state index >= 15 is 0 Å². The first-order valence-electron chi connectivity index (χ1n) is 3.87. The molecule has 12 heavy (non-hydrogen) atoms. The van der Waals surface area contributed by atoms with Gasteiger partial charge in [-0.05, 0) is 27.7 Å². The maximum absolute atomic E-state index is 10.8. The Labute approximate surface area is 72.5 Å². The van der Waals surface area contributed by atoms with E-state index in [0.29, 0.717) is 0 Å². The van der Waals surface area contributed by atoms with Crippen LogP contribution in [0.15, 0.2) is 0 Å². The van der Waals surface area contributed by atoms with Gasteiger partial charge in [0.2, 0.25) is 0 Å². The van der Waals surface area contributed by atoms with E-state index in [9.17, 15) is 4.79 Å². The van der Waals surface area contributed by atoms with Crippen LogP contribution in [0.4, 0.5) is 0 Å². The molecule has 0 aromatic heterocycles. The third-order valence-electron chi connectivity index (χ3n) is 0.910. The van der Waals surface area contributed by atoms with Gasteiger partial charge in [-0.15, -0.1) is 0 Å². The highest BCUT2D eigenvalue weighted by Crippen LogP contribution is 2.02. The lowest BCUT2D eigenvalue weighted by molar-refractivity contribution is -0.194. The predicted molar refractivity (Wildman–Crippen MR) is 43.5 cm³/mol. The molecule has 0 aromatic carbocycles. The fourth-order valence-corrected chi connectivity index (χ4v) is 0.532. The Morgan fingerprint density at radius 1 is 1.50 bits per heavy atom. The molecule has 0 aromatic rings. The maximum atomic E-state index is 10.8. The quantitative estimate of drug-likeness (QED) is 0.505. The molecular weight excluding hydrogens is 160 g/mol. The van der Waals surface area contributed by atoms with Gasteiger partial charge in [0.05, 0.1) is 6.10 Å². The molecular formula is C8H16O4. The van der Waals surface area contributed by atoms with Gasteiger partial charge in [0.15, 0.2) is 5.79 Å². The Morgan fingerprint density at radius 2 is 2.00 bits per heavy atom. The smallest absolute Gasteiger partial charge is 0.332 e. The van der Waals surface area contributed by atoms with Crippen molar-refractivity contribution in [2.75, 3.05) is 6.61 Å². The van der Waals surface area contributed by atoms with Crippen molar-refractivity contribution in [2.24, 2.45) is 0 Å². The molecule has 0 heterocycles. The van der Waals surface area contributed by atoms with E-state index in [1.807, 2.05) is 0 Å². The Bertz CT molecular complexity index is 146. The Balaban J connectivity index is 3.58. The number of carbonyl (C=O) groups is 1. The van der Waals surface area contributed by atoms with Crippen molar-refractivity contribution >= 4 is 5.97 Å². The lowest BCUT2D eigenvalue weighted by Crippen LogP contribution is -2.28. The van der Waals surface area contributed by atoms with Crippen molar-refractivity contribution in [1.29, 1.82) is 0 Å². The number of hydrogen-bond donors (Lipinski definition) is 1. The van der Waals surface area contributed by atoms with Crippen molar-refractivity contribution < 1.29 is 19.4 Å². The largest absolute Gasteiger partial charge is 0.461 e. The zero-order valence-corrected chi connectivity index (χ0v) is 7.96. The van der Waals surface area contributed by atoms with E-state index in [2.05, 4.69) is 0 Å². The van der Waals surface area contributed by atoms with Crippen LogP contribution < -0.4 is 0 Å². The van der Waals surface area contributed by atoms with E-state index in [1.165, 1.54) is 13.8 Å². The summed E-state index contributed by atoms with van der Waals surface area (Å²) >= 11 is 0. The maximum Gasteiger partial charge on any atom is 0.332 e. The minimum atomic E-state index is -1.28. The van der Waals surface area contributed by atoms with Crippen molar-refractivity contribution in [3.63, 3.8) is 0 Å². The summed E-state index contributed by atoms with van der Waals surface area (Å²) in [5.41, 5.74) is 0. The average molecular weight is 176 g/mol. The summed E-state index contributed by atoms with van der Waals surface area (Å²) in [7, 11) is 0. The first-order chi connectivity index (χ1) is 5.31. The highest BCUT2D eigenvalue weighted by Gasteiger charge is 2.15. The van der Waals surface area contributed by atoms with Gasteiger partial charge in [-0.3, -0.25) is 0 Å². The molecule has 0 atom stereocenters. The molecule has 0 fully saturated rings. The summed E-state index contributed by atoms with van der Waals surface area (Å²) in [4.78, 5) is 10.8. The summed E-state index contributed by atoms with van der Waals surface area (Å²) in [5.74, 6) is -1.75.